The summed E-state index contributed by atoms with van der Waals surface area (Å²) < 4.78 is 21.4. The van der Waals surface area contributed by atoms with Crippen molar-refractivity contribution in [3.63, 3.8) is 0 Å². The van der Waals surface area contributed by atoms with Crippen molar-refractivity contribution in [2.75, 3.05) is 27.4 Å². The number of methoxy groups -OCH3 is 2. The molecule has 156 valence electrons. The van der Waals surface area contributed by atoms with Crippen molar-refractivity contribution >= 4 is 11.9 Å². The Morgan fingerprint density at radius 3 is 2.24 bits per heavy atom. The van der Waals surface area contributed by atoms with Crippen molar-refractivity contribution in [3.05, 3.63) is 48.0 Å². The predicted molar refractivity (Wildman–Crippen MR) is 103 cm³/mol. The fourth-order valence-electron chi connectivity index (χ4n) is 2.71. The first-order valence-corrected chi connectivity index (χ1v) is 9.04. The summed E-state index contributed by atoms with van der Waals surface area (Å²) in [6.45, 7) is 1.99. The van der Waals surface area contributed by atoms with Gasteiger partial charge in [-0.1, -0.05) is 18.2 Å². The Bertz CT molecular complexity index is 838. The lowest BCUT2D eigenvalue weighted by Crippen LogP contribution is -2.36. The zero-order valence-corrected chi connectivity index (χ0v) is 16.6. The first-order chi connectivity index (χ1) is 14.0. The van der Waals surface area contributed by atoms with Crippen LogP contribution in [0.15, 0.2) is 42.5 Å². The van der Waals surface area contributed by atoms with Gasteiger partial charge in [0, 0.05) is 12.4 Å². The van der Waals surface area contributed by atoms with Crippen LogP contribution in [0.4, 0.5) is 0 Å². The highest BCUT2D eigenvalue weighted by Crippen LogP contribution is 2.31. The molecule has 0 saturated heterocycles. The Labute approximate surface area is 169 Å². The van der Waals surface area contributed by atoms with Crippen molar-refractivity contribution < 1.29 is 33.6 Å². The van der Waals surface area contributed by atoms with Crippen LogP contribution >= 0.6 is 0 Å². The van der Waals surface area contributed by atoms with Crippen LogP contribution in [0.2, 0.25) is 0 Å². The average molecular weight is 402 g/mol. The van der Waals surface area contributed by atoms with Gasteiger partial charge in [0.1, 0.15) is 0 Å². The van der Waals surface area contributed by atoms with E-state index >= 15 is 0 Å². The second-order valence-electron chi connectivity index (χ2n) is 5.98. The molecule has 8 nitrogen and oxygen atoms in total. The van der Waals surface area contributed by atoms with Crippen molar-refractivity contribution in [3.8, 4) is 23.0 Å². The molecule has 0 unspecified atom stereocenters. The number of benzene rings is 2. The van der Waals surface area contributed by atoms with E-state index < -0.39 is 24.3 Å². The van der Waals surface area contributed by atoms with Crippen LogP contribution < -0.4 is 29.4 Å². The third-order valence-electron chi connectivity index (χ3n) is 4.02. The zero-order chi connectivity index (χ0) is 21.2. The minimum atomic E-state index is -1.30. The van der Waals surface area contributed by atoms with E-state index in [0.717, 1.165) is 0 Å². The lowest BCUT2D eigenvalue weighted by Gasteiger charge is -2.21. The van der Waals surface area contributed by atoms with Crippen LogP contribution in [0.1, 0.15) is 24.9 Å². The molecule has 0 fully saturated rings. The van der Waals surface area contributed by atoms with E-state index in [1.807, 2.05) is 6.92 Å². The highest BCUT2D eigenvalue weighted by atomic mass is 16.5. The predicted octanol–water partition coefficient (Wildman–Crippen LogP) is 1.48. The van der Waals surface area contributed by atoms with Crippen LogP contribution in [0.3, 0.4) is 0 Å². The Morgan fingerprint density at radius 1 is 0.966 bits per heavy atom. The fourth-order valence-corrected chi connectivity index (χ4v) is 2.71. The van der Waals surface area contributed by atoms with Gasteiger partial charge in [-0.25, -0.2) is 0 Å². The molecule has 1 atom stereocenters. The van der Waals surface area contributed by atoms with Crippen molar-refractivity contribution in [2.45, 2.75) is 19.4 Å². The molecule has 2 rings (SSSR count). The molecule has 0 heterocycles. The topological polar surface area (TPSA) is 106 Å². The summed E-state index contributed by atoms with van der Waals surface area (Å²) in [5.74, 6) is 0.0694. The summed E-state index contributed by atoms with van der Waals surface area (Å²) in [5, 5.41) is 13.8. The average Bonchev–Trinajstić information content (AvgIpc) is 2.72. The number of hydrogen-bond donors (Lipinski definition) is 1. The van der Waals surface area contributed by atoms with E-state index in [4.69, 9.17) is 18.9 Å². The molecule has 2 aromatic carbocycles. The van der Waals surface area contributed by atoms with E-state index in [-0.39, 0.29) is 6.61 Å². The summed E-state index contributed by atoms with van der Waals surface area (Å²) in [4.78, 5) is 23.5. The van der Waals surface area contributed by atoms with E-state index in [2.05, 4.69) is 5.32 Å². The third-order valence-corrected chi connectivity index (χ3v) is 4.02. The van der Waals surface area contributed by atoms with E-state index in [9.17, 15) is 14.7 Å². The molecule has 1 amide bonds. The molecule has 1 N–H and O–H groups in total. The van der Waals surface area contributed by atoms with Gasteiger partial charge in [-0.2, -0.15) is 0 Å². The summed E-state index contributed by atoms with van der Waals surface area (Å²) in [6, 6.07) is 11.0. The molecular weight excluding hydrogens is 378 g/mol. The lowest BCUT2D eigenvalue weighted by atomic mass is 10.0. The molecule has 0 aliphatic rings. The second kappa shape index (κ2) is 10.8. The minimum absolute atomic E-state index is 0.307. The maximum absolute atomic E-state index is 12.4. The summed E-state index contributed by atoms with van der Waals surface area (Å²) >= 11 is 0. The van der Waals surface area contributed by atoms with Gasteiger partial charge in [0.25, 0.3) is 5.91 Å². The number of rotatable bonds is 11. The molecule has 0 aliphatic heterocycles. The first-order valence-electron chi connectivity index (χ1n) is 9.04. The van der Waals surface area contributed by atoms with E-state index in [0.29, 0.717) is 35.2 Å². The first kappa shape index (κ1) is 21.9. The standard InChI is InChI=1S/C21H25NO7/c1-4-28-18-10-9-14(11-19(18)27-3)15(12-21(24)25)22-20(23)13-29-17-8-6-5-7-16(17)26-2/h5-11,15H,4,12-13H2,1-3H3,(H,22,23)(H,24,25)/p-1/t15-/m1/s1. The molecule has 29 heavy (non-hydrogen) atoms. The number of carbonyl (C=O) groups is 2. The molecule has 2 aromatic rings. The third kappa shape index (κ3) is 6.31. The lowest BCUT2D eigenvalue weighted by molar-refractivity contribution is -0.306. The molecule has 8 heteroatoms. The van der Waals surface area contributed by atoms with Crippen LogP contribution in [-0.4, -0.2) is 39.3 Å². The van der Waals surface area contributed by atoms with Crippen molar-refractivity contribution in [2.24, 2.45) is 0 Å². The van der Waals surface area contributed by atoms with Gasteiger partial charge in [-0.3, -0.25) is 4.79 Å². The molecule has 0 saturated carbocycles. The number of carboxylic acids is 1. The molecule has 0 spiro atoms. The number of nitrogens with one attached hydrogen (secondary N) is 1. The van der Waals surface area contributed by atoms with Crippen LogP contribution in [0.5, 0.6) is 23.0 Å². The quantitative estimate of drug-likeness (QED) is 0.607. The van der Waals surface area contributed by atoms with Gasteiger partial charge in [-0.05, 0) is 36.8 Å². The van der Waals surface area contributed by atoms with Gasteiger partial charge in [0.15, 0.2) is 29.6 Å². The van der Waals surface area contributed by atoms with Crippen LogP contribution in [-0.2, 0) is 9.59 Å². The maximum Gasteiger partial charge on any atom is 0.258 e. The van der Waals surface area contributed by atoms with Gasteiger partial charge in [0.05, 0.1) is 26.9 Å². The Hall–Kier alpha value is -3.42. The SMILES string of the molecule is CCOc1ccc([C@@H](CC(=O)[O-])NC(=O)COc2ccccc2OC)cc1OC. The molecule has 0 bridgehead atoms. The summed E-state index contributed by atoms with van der Waals surface area (Å²) in [7, 11) is 2.98. The second-order valence-corrected chi connectivity index (χ2v) is 5.98. The minimum Gasteiger partial charge on any atom is -0.550 e. The maximum atomic E-state index is 12.4. The Kier molecular flexibility index (Phi) is 8.14. The molecule has 0 radical (unpaired) electrons. The number of carbonyl (C=O) groups excluding carboxylic acids is 2. The van der Waals surface area contributed by atoms with Crippen molar-refractivity contribution in [1.29, 1.82) is 0 Å². The van der Waals surface area contributed by atoms with E-state index in [1.54, 1.807) is 42.5 Å². The van der Waals surface area contributed by atoms with Crippen LogP contribution in [0.25, 0.3) is 0 Å². The number of carboxylic acid groups (broad SMARTS) is 1. The summed E-state index contributed by atoms with van der Waals surface area (Å²) in [5.41, 5.74) is 0.542. The molecular formula is C21H24NO7-. The zero-order valence-electron chi connectivity index (χ0n) is 16.6. The van der Waals surface area contributed by atoms with E-state index in [1.165, 1.54) is 14.2 Å². The van der Waals surface area contributed by atoms with Crippen molar-refractivity contribution in [1.82, 2.24) is 5.32 Å². The largest absolute Gasteiger partial charge is 0.550 e. The van der Waals surface area contributed by atoms with Crippen LogP contribution in [0, 0.1) is 0 Å². The number of hydrogen-bond acceptors (Lipinski definition) is 7. The molecule has 0 aliphatic carbocycles. The number of aliphatic carboxylic acids is 1. The Morgan fingerprint density at radius 2 is 1.62 bits per heavy atom. The van der Waals surface area contributed by atoms with Gasteiger partial charge in [0.2, 0.25) is 0 Å². The monoisotopic (exact) mass is 402 g/mol. The highest BCUT2D eigenvalue weighted by Gasteiger charge is 2.18. The summed E-state index contributed by atoms with van der Waals surface area (Å²) in [6.07, 6.45) is -0.405. The molecule has 0 aromatic heterocycles. The number of amides is 1. The Balaban J connectivity index is 2.12. The van der Waals surface area contributed by atoms with Gasteiger partial charge < -0.3 is 34.2 Å². The highest BCUT2D eigenvalue weighted by molar-refractivity contribution is 5.79. The van der Waals surface area contributed by atoms with Gasteiger partial charge in [-0.15, -0.1) is 0 Å². The fraction of sp³-hybridized carbons (Fsp3) is 0.333. The smallest absolute Gasteiger partial charge is 0.258 e. The number of ether oxygens (including phenoxy) is 4. The normalized spacial score (nSPS) is 11.3. The van der Waals surface area contributed by atoms with Gasteiger partial charge >= 0.3 is 0 Å². The number of para-hydroxylation sites is 2.